The molecule has 2 rings (SSSR count). The predicted octanol–water partition coefficient (Wildman–Crippen LogP) is 0.721. The van der Waals surface area contributed by atoms with Gasteiger partial charge in [0.25, 0.3) is 0 Å². The van der Waals surface area contributed by atoms with E-state index in [-0.39, 0.29) is 0 Å². The average Bonchev–Trinajstić information content (AvgIpc) is 2.73. The van der Waals surface area contributed by atoms with Crippen LogP contribution in [0.15, 0.2) is 12.4 Å². The molecule has 1 aliphatic heterocycles. The fourth-order valence-corrected chi connectivity index (χ4v) is 1.97. The Balaban J connectivity index is 2.18. The lowest BCUT2D eigenvalue weighted by atomic mass is 9.90. The van der Waals surface area contributed by atoms with Crippen LogP contribution in [0.25, 0.3) is 0 Å². The van der Waals surface area contributed by atoms with E-state index in [1.54, 1.807) is 13.1 Å². The summed E-state index contributed by atoms with van der Waals surface area (Å²) in [7, 11) is 1.92. The molecular formula is C10H15N3O2. The topological polar surface area (TPSA) is 58.4 Å². The highest BCUT2D eigenvalue weighted by Crippen LogP contribution is 2.32. The highest BCUT2D eigenvalue weighted by Gasteiger charge is 2.41. The third-order valence-corrected chi connectivity index (χ3v) is 3.07. The summed E-state index contributed by atoms with van der Waals surface area (Å²) in [4.78, 5) is 17.3. The molecule has 0 aliphatic carbocycles. The highest BCUT2D eigenvalue weighted by atomic mass is 16.4. The summed E-state index contributed by atoms with van der Waals surface area (Å²) in [6.07, 6.45) is 4.27. The molecule has 0 saturated carbocycles. The Morgan fingerprint density at radius 1 is 1.67 bits per heavy atom. The first-order chi connectivity index (χ1) is 7.03. The van der Waals surface area contributed by atoms with Gasteiger partial charge in [-0.3, -0.25) is 4.79 Å². The number of carboxylic acid groups (broad SMARTS) is 1. The molecule has 0 spiro atoms. The maximum absolute atomic E-state index is 11.1. The molecular weight excluding hydrogens is 194 g/mol. The number of nitrogens with zero attached hydrogens (tertiary/aromatic N) is 3. The molecule has 1 aromatic heterocycles. The van der Waals surface area contributed by atoms with Gasteiger partial charge in [-0.15, -0.1) is 0 Å². The molecule has 5 heteroatoms. The molecule has 1 aliphatic rings. The molecule has 82 valence electrons. The summed E-state index contributed by atoms with van der Waals surface area (Å²) < 4.78 is 1.91. The first-order valence-corrected chi connectivity index (χ1v) is 4.99. The van der Waals surface area contributed by atoms with Crippen LogP contribution < -0.4 is 4.90 Å². The minimum Gasteiger partial charge on any atom is -0.481 e. The van der Waals surface area contributed by atoms with Crippen LogP contribution in [0, 0.1) is 5.41 Å². The Bertz CT molecular complexity index is 388. The van der Waals surface area contributed by atoms with Gasteiger partial charge in [0.15, 0.2) is 0 Å². The van der Waals surface area contributed by atoms with Crippen molar-refractivity contribution in [1.82, 2.24) is 9.55 Å². The molecule has 15 heavy (non-hydrogen) atoms. The zero-order valence-electron chi connectivity index (χ0n) is 8.97. The van der Waals surface area contributed by atoms with E-state index in [2.05, 4.69) is 4.98 Å². The molecule has 1 fully saturated rings. The minimum atomic E-state index is -0.723. The molecule has 2 heterocycles. The van der Waals surface area contributed by atoms with Crippen molar-refractivity contribution in [2.24, 2.45) is 12.5 Å². The van der Waals surface area contributed by atoms with Gasteiger partial charge in [-0.05, 0) is 13.3 Å². The van der Waals surface area contributed by atoms with Crippen molar-refractivity contribution in [1.29, 1.82) is 0 Å². The first kappa shape index (κ1) is 10.0. The van der Waals surface area contributed by atoms with Crippen LogP contribution in [-0.4, -0.2) is 33.7 Å². The molecule has 1 aromatic rings. The van der Waals surface area contributed by atoms with Gasteiger partial charge in [0.05, 0.1) is 5.41 Å². The van der Waals surface area contributed by atoms with Crippen molar-refractivity contribution in [2.75, 3.05) is 18.0 Å². The first-order valence-electron chi connectivity index (χ1n) is 4.99. The Morgan fingerprint density at radius 2 is 2.40 bits per heavy atom. The lowest BCUT2D eigenvalue weighted by Crippen LogP contribution is -2.32. The number of carbonyl (C=O) groups is 1. The Labute approximate surface area is 88.3 Å². The molecule has 1 saturated heterocycles. The summed E-state index contributed by atoms with van der Waals surface area (Å²) in [6, 6.07) is 0. The number of hydrogen-bond donors (Lipinski definition) is 1. The van der Waals surface area contributed by atoms with E-state index in [9.17, 15) is 4.79 Å². The predicted molar refractivity (Wildman–Crippen MR) is 55.8 cm³/mol. The van der Waals surface area contributed by atoms with Crippen molar-refractivity contribution in [3.05, 3.63) is 12.4 Å². The number of aryl methyl sites for hydroxylation is 1. The van der Waals surface area contributed by atoms with Crippen LogP contribution in [0.3, 0.4) is 0 Å². The smallest absolute Gasteiger partial charge is 0.311 e. The average molecular weight is 209 g/mol. The van der Waals surface area contributed by atoms with Gasteiger partial charge in [0, 0.05) is 32.5 Å². The lowest BCUT2D eigenvalue weighted by molar-refractivity contribution is -0.146. The van der Waals surface area contributed by atoms with Crippen molar-refractivity contribution in [3.63, 3.8) is 0 Å². The summed E-state index contributed by atoms with van der Waals surface area (Å²) in [5.41, 5.74) is -0.633. The van der Waals surface area contributed by atoms with E-state index in [1.807, 2.05) is 22.7 Å². The minimum absolute atomic E-state index is 0.535. The summed E-state index contributed by atoms with van der Waals surface area (Å²) in [6.45, 7) is 3.08. The van der Waals surface area contributed by atoms with Crippen LogP contribution in [0.1, 0.15) is 13.3 Å². The van der Waals surface area contributed by atoms with Crippen LogP contribution in [-0.2, 0) is 11.8 Å². The fourth-order valence-electron chi connectivity index (χ4n) is 1.97. The number of hydrogen-bond acceptors (Lipinski definition) is 3. The van der Waals surface area contributed by atoms with Crippen LogP contribution >= 0.6 is 0 Å². The van der Waals surface area contributed by atoms with E-state index in [0.717, 1.165) is 12.5 Å². The molecule has 1 unspecified atom stereocenters. The van der Waals surface area contributed by atoms with Crippen molar-refractivity contribution in [2.45, 2.75) is 13.3 Å². The van der Waals surface area contributed by atoms with Gasteiger partial charge in [-0.2, -0.15) is 0 Å². The highest BCUT2D eigenvalue weighted by molar-refractivity contribution is 5.76. The molecule has 0 aromatic carbocycles. The summed E-state index contributed by atoms with van der Waals surface area (Å²) in [5.74, 6) is 0.124. The van der Waals surface area contributed by atoms with Gasteiger partial charge in [0.2, 0.25) is 5.95 Å². The monoisotopic (exact) mass is 209 g/mol. The van der Waals surface area contributed by atoms with Crippen LogP contribution in [0.2, 0.25) is 0 Å². The van der Waals surface area contributed by atoms with Gasteiger partial charge < -0.3 is 14.6 Å². The zero-order valence-corrected chi connectivity index (χ0v) is 8.97. The SMILES string of the molecule is Cn1ccnc1N1CCC(C)(C(=O)O)C1. The quantitative estimate of drug-likeness (QED) is 0.779. The molecule has 1 atom stereocenters. The molecule has 5 nitrogen and oxygen atoms in total. The second-order valence-electron chi connectivity index (χ2n) is 4.38. The third kappa shape index (κ3) is 1.58. The second kappa shape index (κ2) is 3.25. The van der Waals surface area contributed by atoms with Crippen molar-refractivity contribution in [3.8, 4) is 0 Å². The van der Waals surface area contributed by atoms with E-state index in [0.29, 0.717) is 13.0 Å². The van der Waals surface area contributed by atoms with Gasteiger partial charge in [0.1, 0.15) is 0 Å². The van der Waals surface area contributed by atoms with Crippen molar-refractivity contribution >= 4 is 11.9 Å². The lowest BCUT2D eigenvalue weighted by Gasteiger charge is -2.20. The number of carboxylic acids is 1. The zero-order chi connectivity index (χ0) is 11.1. The molecule has 0 bridgehead atoms. The standard InChI is InChI=1S/C10H15N3O2/c1-10(8(14)15)3-5-13(7-10)9-11-4-6-12(9)2/h4,6H,3,5,7H2,1-2H3,(H,14,15). The van der Waals surface area contributed by atoms with Gasteiger partial charge >= 0.3 is 5.97 Å². The van der Waals surface area contributed by atoms with E-state index in [4.69, 9.17) is 5.11 Å². The van der Waals surface area contributed by atoms with Crippen LogP contribution in [0.4, 0.5) is 5.95 Å². The fraction of sp³-hybridized carbons (Fsp3) is 0.600. The summed E-state index contributed by atoms with van der Waals surface area (Å²) in [5, 5.41) is 9.10. The molecule has 0 amide bonds. The van der Waals surface area contributed by atoms with E-state index < -0.39 is 11.4 Å². The third-order valence-electron chi connectivity index (χ3n) is 3.07. The largest absolute Gasteiger partial charge is 0.481 e. The second-order valence-corrected chi connectivity index (χ2v) is 4.38. The molecule has 1 N–H and O–H groups in total. The van der Waals surface area contributed by atoms with E-state index in [1.165, 1.54) is 0 Å². The Hall–Kier alpha value is -1.52. The summed E-state index contributed by atoms with van der Waals surface area (Å²) >= 11 is 0. The normalized spacial score (nSPS) is 25.9. The Kier molecular flexibility index (Phi) is 2.17. The van der Waals surface area contributed by atoms with Crippen LogP contribution in [0.5, 0.6) is 0 Å². The Morgan fingerprint density at radius 3 is 2.87 bits per heavy atom. The van der Waals surface area contributed by atoms with Gasteiger partial charge in [-0.1, -0.05) is 0 Å². The number of anilines is 1. The number of aliphatic carboxylic acids is 1. The number of rotatable bonds is 2. The molecule has 0 radical (unpaired) electrons. The van der Waals surface area contributed by atoms with E-state index >= 15 is 0 Å². The number of aromatic nitrogens is 2. The maximum atomic E-state index is 11.1. The van der Waals surface area contributed by atoms with Crippen molar-refractivity contribution < 1.29 is 9.90 Å². The van der Waals surface area contributed by atoms with Gasteiger partial charge in [-0.25, -0.2) is 4.98 Å². The maximum Gasteiger partial charge on any atom is 0.311 e. The number of imidazole rings is 1.